The van der Waals surface area contributed by atoms with E-state index in [2.05, 4.69) is 10.3 Å². The number of halogens is 5. The van der Waals surface area contributed by atoms with E-state index in [0.717, 1.165) is 6.07 Å². The van der Waals surface area contributed by atoms with Crippen LogP contribution in [-0.4, -0.2) is 45.6 Å². The van der Waals surface area contributed by atoms with Gasteiger partial charge in [0.2, 0.25) is 0 Å². The van der Waals surface area contributed by atoms with E-state index >= 15 is 0 Å². The number of alkyl halides is 5. The van der Waals surface area contributed by atoms with Gasteiger partial charge in [-0.3, -0.25) is 4.98 Å². The Morgan fingerprint density at radius 1 is 1.16 bits per heavy atom. The Labute approximate surface area is 221 Å². The van der Waals surface area contributed by atoms with Crippen molar-refractivity contribution in [1.29, 1.82) is 0 Å². The first-order valence-electron chi connectivity index (χ1n) is 11.9. The first-order chi connectivity index (χ1) is 17.6. The number of fused-ring (bicyclic) bond motifs is 1. The minimum atomic E-state index is -4.71. The summed E-state index contributed by atoms with van der Waals surface area (Å²) in [6.45, 7) is 5.13. The molecule has 12 heteroatoms. The monoisotopic (exact) mass is 555 g/mol. The maximum atomic E-state index is 13.9. The summed E-state index contributed by atoms with van der Waals surface area (Å²) in [6, 6.07) is 7.02. The molecule has 0 atom stereocenters. The maximum absolute atomic E-state index is 13.9. The number of nitrogens with one attached hydrogen (secondary N) is 1. The number of hydrogen-bond donors (Lipinski definition) is 1. The number of ether oxygens (including phenoxy) is 1. The van der Waals surface area contributed by atoms with Crippen LogP contribution in [0.5, 0.6) is 0 Å². The molecule has 1 N–H and O–H groups in total. The van der Waals surface area contributed by atoms with Crippen LogP contribution in [0.2, 0.25) is 0 Å². The average Bonchev–Trinajstić information content (AvgIpc) is 3.23. The molecule has 2 aromatic heterocycles. The number of aromatic nitrogens is 1. The molecule has 1 fully saturated rings. The van der Waals surface area contributed by atoms with E-state index in [9.17, 15) is 26.7 Å². The number of nitrogens with zero attached hydrogens (tertiary/aromatic N) is 2. The highest BCUT2D eigenvalue weighted by atomic mass is 32.1. The van der Waals surface area contributed by atoms with Gasteiger partial charge < -0.3 is 19.4 Å². The van der Waals surface area contributed by atoms with Crippen LogP contribution in [0.25, 0.3) is 22.2 Å². The summed E-state index contributed by atoms with van der Waals surface area (Å²) in [5.74, 6) is -2.59. The number of alkyl carbamates (subject to hydrolysis) is 1. The van der Waals surface area contributed by atoms with Crippen LogP contribution in [0.4, 0.5) is 26.7 Å². The molecule has 1 amide bonds. The highest BCUT2D eigenvalue weighted by Gasteiger charge is 2.36. The summed E-state index contributed by atoms with van der Waals surface area (Å²) in [7, 11) is 0. The number of amides is 1. The summed E-state index contributed by atoms with van der Waals surface area (Å²) in [5, 5.41) is 2.65. The fourth-order valence-electron chi connectivity index (χ4n) is 4.04. The number of hydrogen-bond acceptors (Lipinski definition) is 5. The number of carbonyl (C=O) groups excluding carboxylic acids is 1. The maximum Gasteiger partial charge on any atom is 0.420 e. The van der Waals surface area contributed by atoms with Gasteiger partial charge in [-0.1, -0.05) is 12.2 Å². The van der Waals surface area contributed by atoms with Gasteiger partial charge in [0.15, 0.2) is 0 Å². The van der Waals surface area contributed by atoms with E-state index in [1.165, 1.54) is 24.4 Å². The molecule has 0 spiro atoms. The van der Waals surface area contributed by atoms with Crippen LogP contribution in [0.1, 0.15) is 50.5 Å². The molecule has 204 valence electrons. The number of thiocarbonyl (C=S) groups is 1. The molecule has 3 heterocycles. The highest BCUT2D eigenvalue weighted by Crippen LogP contribution is 2.39. The first kappa shape index (κ1) is 27.7. The topological polar surface area (TPSA) is 67.6 Å². The van der Waals surface area contributed by atoms with Gasteiger partial charge in [0.05, 0.1) is 17.8 Å². The number of likely N-dealkylation sites (tertiary alicyclic amines) is 1. The quantitative estimate of drug-likeness (QED) is 0.278. The van der Waals surface area contributed by atoms with Crippen molar-refractivity contribution in [1.82, 2.24) is 15.2 Å². The molecule has 1 aliphatic rings. The second-order valence-electron chi connectivity index (χ2n) is 10.1. The number of rotatable bonds is 4. The Morgan fingerprint density at radius 3 is 2.42 bits per heavy atom. The minimum Gasteiger partial charge on any atom is -0.459 e. The number of carbonyl (C=O) groups is 1. The lowest BCUT2D eigenvalue weighted by Gasteiger charge is -2.33. The van der Waals surface area contributed by atoms with Crippen LogP contribution in [-0.2, 0) is 17.5 Å². The van der Waals surface area contributed by atoms with Crippen molar-refractivity contribution in [2.45, 2.75) is 57.9 Å². The normalized spacial score (nSPS) is 15.9. The van der Waals surface area contributed by atoms with Gasteiger partial charge in [-0.25, -0.2) is 13.6 Å². The number of piperidine rings is 1. The van der Waals surface area contributed by atoms with E-state index in [1.807, 2.05) is 0 Å². The van der Waals surface area contributed by atoms with E-state index in [-0.39, 0.29) is 60.5 Å². The van der Waals surface area contributed by atoms with Gasteiger partial charge in [0.25, 0.3) is 5.92 Å². The lowest BCUT2D eigenvalue weighted by atomic mass is 10.0. The third-order valence-electron chi connectivity index (χ3n) is 5.87. The van der Waals surface area contributed by atoms with Gasteiger partial charge in [0, 0.05) is 48.6 Å². The molecule has 38 heavy (non-hydrogen) atoms. The molecule has 1 saturated heterocycles. The lowest BCUT2D eigenvalue weighted by Crippen LogP contribution is -2.42. The number of furan rings is 1. The molecule has 1 aliphatic heterocycles. The molecule has 0 aliphatic carbocycles. The smallest absolute Gasteiger partial charge is 0.420 e. The summed E-state index contributed by atoms with van der Waals surface area (Å²) < 4.78 is 79.2. The van der Waals surface area contributed by atoms with Crippen molar-refractivity contribution in [3.05, 3.63) is 53.4 Å². The molecule has 1 aromatic carbocycles. The Bertz CT molecular complexity index is 1340. The SMILES string of the molecule is CC(C)(C)OC(=O)NCc1cc2cc(-c3ccc(C(=S)N4CCC(F)(F)CC4)cn3)cc(C(F)(F)F)c2o1. The number of pyridine rings is 1. The van der Waals surface area contributed by atoms with Gasteiger partial charge in [-0.05, 0) is 51.1 Å². The van der Waals surface area contributed by atoms with Crippen LogP contribution in [0.15, 0.2) is 40.9 Å². The van der Waals surface area contributed by atoms with Crippen molar-refractivity contribution in [3.63, 3.8) is 0 Å². The molecular weight excluding hydrogens is 529 g/mol. The van der Waals surface area contributed by atoms with E-state index in [0.29, 0.717) is 10.6 Å². The molecule has 4 rings (SSSR count). The summed E-state index contributed by atoms with van der Waals surface area (Å²) in [4.78, 5) is 18.2. The molecule has 0 bridgehead atoms. The second kappa shape index (κ2) is 10.1. The highest BCUT2D eigenvalue weighted by molar-refractivity contribution is 7.80. The van der Waals surface area contributed by atoms with Crippen molar-refractivity contribution in [2.75, 3.05) is 13.1 Å². The molecule has 6 nitrogen and oxygen atoms in total. The summed E-state index contributed by atoms with van der Waals surface area (Å²) >= 11 is 5.42. The Morgan fingerprint density at radius 2 is 1.84 bits per heavy atom. The van der Waals surface area contributed by atoms with Crippen molar-refractivity contribution in [3.8, 4) is 11.3 Å². The largest absolute Gasteiger partial charge is 0.459 e. The van der Waals surface area contributed by atoms with E-state index in [4.69, 9.17) is 21.4 Å². The molecule has 0 radical (unpaired) electrons. The van der Waals surface area contributed by atoms with Crippen molar-refractivity contribution in [2.24, 2.45) is 0 Å². The van der Waals surface area contributed by atoms with Crippen LogP contribution >= 0.6 is 12.2 Å². The number of benzene rings is 1. The second-order valence-corrected chi connectivity index (χ2v) is 10.5. The standard InChI is InChI=1S/C26H26F5N3O3S/c1-24(2,3)37-23(35)33-14-18-11-17-10-16(12-19(21(17)36-18)26(29,30)31)20-5-4-15(13-32-20)22(38)34-8-6-25(27,28)7-9-34/h4-5,10-13H,6-9,14H2,1-3H3,(H,33,35). The van der Waals surface area contributed by atoms with Gasteiger partial charge in [0.1, 0.15) is 21.9 Å². The zero-order valence-electron chi connectivity index (χ0n) is 20.9. The van der Waals surface area contributed by atoms with Gasteiger partial charge in [-0.2, -0.15) is 13.2 Å². The van der Waals surface area contributed by atoms with Crippen LogP contribution in [0.3, 0.4) is 0 Å². The van der Waals surface area contributed by atoms with E-state index < -0.39 is 29.4 Å². The van der Waals surface area contributed by atoms with Crippen molar-refractivity contribution < 1.29 is 35.9 Å². The predicted molar refractivity (Wildman–Crippen MR) is 135 cm³/mol. The predicted octanol–water partition coefficient (Wildman–Crippen LogP) is 6.94. The van der Waals surface area contributed by atoms with Crippen molar-refractivity contribution >= 4 is 34.3 Å². The average molecular weight is 556 g/mol. The lowest BCUT2D eigenvalue weighted by molar-refractivity contribution is -0.136. The van der Waals surface area contributed by atoms with Crippen LogP contribution < -0.4 is 5.32 Å². The molecular formula is C26H26F5N3O3S. The minimum absolute atomic E-state index is 0.116. The fraction of sp³-hybridized carbons (Fsp3) is 0.423. The molecule has 3 aromatic rings. The third kappa shape index (κ3) is 6.58. The Kier molecular flexibility index (Phi) is 7.39. The van der Waals surface area contributed by atoms with Gasteiger partial charge >= 0.3 is 12.3 Å². The molecule has 0 unspecified atom stereocenters. The first-order valence-corrected chi connectivity index (χ1v) is 12.3. The van der Waals surface area contributed by atoms with E-state index in [1.54, 1.807) is 31.7 Å². The zero-order chi connectivity index (χ0) is 27.9. The molecule has 0 saturated carbocycles. The van der Waals surface area contributed by atoms with Crippen LogP contribution in [0, 0.1) is 0 Å². The Balaban J connectivity index is 1.57. The third-order valence-corrected chi connectivity index (χ3v) is 6.36. The van der Waals surface area contributed by atoms with Gasteiger partial charge in [-0.15, -0.1) is 0 Å². The zero-order valence-corrected chi connectivity index (χ0v) is 21.7. The summed E-state index contributed by atoms with van der Waals surface area (Å²) in [5.41, 5.74) is -1.09. The fourth-order valence-corrected chi connectivity index (χ4v) is 4.34. The Hall–Kier alpha value is -3.28. The summed E-state index contributed by atoms with van der Waals surface area (Å²) in [6.07, 6.45) is -4.60.